The van der Waals surface area contributed by atoms with Crippen molar-refractivity contribution >= 4 is 34.2 Å². The first-order valence-electron chi connectivity index (χ1n) is 5.75. The van der Waals surface area contributed by atoms with Gasteiger partial charge in [-0.1, -0.05) is 35.0 Å². The maximum Gasteiger partial charge on any atom is 0.224 e. The molecule has 3 nitrogen and oxygen atoms in total. The number of halogens is 2. The van der Waals surface area contributed by atoms with Gasteiger partial charge in [-0.15, -0.1) is 12.4 Å². The largest absolute Gasteiger partial charge is 0.349 e. The first-order chi connectivity index (χ1) is 8.04. The van der Waals surface area contributed by atoms with Gasteiger partial charge in [-0.25, -0.2) is 0 Å². The highest BCUT2D eigenvalue weighted by molar-refractivity contribution is 9.10. The summed E-state index contributed by atoms with van der Waals surface area (Å²) in [7, 11) is 1.85. The molecule has 1 rings (SSSR count). The van der Waals surface area contributed by atoms with Crippen molar-refractivity contribution in [3.63, 3.8) is 0 Å². The van der Waals surface area contributed by atoms with Crippen molar-refractivity contribution in [1.82, 2.24) is 10.6 Å². The SMILES string of the molecule is CNCC(C)C(=O)NC(C)c1cccc(Br)c1.Cl. The van der Waals surface area contributed by atoms with E-state index in [1.165, 1.54) is 0 Å². The Bertz CT molecular complexity index is 387. The molecule has 0 aromatic heterocycles. The van der Waals surface area contributed by atoms with E-state index in [4.69, 9.17) is 0 Å². The molecule has 2 N–H and O–H groups in total. The summed E-state index contributed by atoms with van der Waals surface area (Å²) in [4.78, 5) is 11.8. The van der Waals surface area contributed by atoms with Crippen LogP contribution in [0.2, 0.25) is 0 Å². The molecule has 18 heavy (non-hydrogen) atoms. The van der Waals surface area contributed by atoms with Crippen LogP contribution in [0.25, 0.3) is 0 Å². The first-order valence-corrected chi connectivity index (χ1v) is 6.54. The van der Waals surface area contributed by atoms with E-state index in [1.807, 2.05) is 45.2 Å². The molecule has 0 aliphatic rings. The molecule has 0 aliphatic carbocycles. The monoisotopic (exact) mass is 334 g/mol. The van der Waals surface area contributed by atoms with Gasteiger partial charge in [0, 0.05) is 16.9 Å². The quantitative estimate of drug-likeness (QED) is 0.868. The Balaban J connectivity index is 0.00000289. The van der Waals surface area contributed by atoms with Crippen molar-refractivity contribution in [2.75, 3.05) is 13.6 Å². The van der Waals surface area contributed by atoms with E-state index in [-0.39, 0.29) is 30.3 Å². The van der Waals surface area contributed by atoms with Gasteiger partial charge in [0.05, 0.1) is 6.04 Å². The van der Waals surface area contributed by atoms with Gasteiger partial charge in [0.1, 0.15) is 0 Å². The van der Waals surface area contributed by atoms with E-state index in [0.29, 0.717) is 6.54 Å². The maximum absolute atomic E-state index is 11.8. The summed E-state index contributed by atoms with van der Waals surface area (Å²) in [6, 6.07) is 8.01. The van der Waals surface area contributed by atoms with E-state index < -0.39 is 0 Å². The molecule has 0 heterocycles. The van der Waals surface area contributed by atoms with Gasteiger partial charge in [-0.3, -0.25) is 4.79 Å². The lowest BCUT2D eigenvalue weighted by molar-refractivity contribution is -0.125. The third kappa shape index (κ3) is 5.38. The molecule has 0 saturated heterocycles. The fourth-order valence-electron chi connectivity index (χ4n) is 1.61. The minimum absolute atomic E-state index is 0. The summed E-state index contributed by atoms with van der Waals surface area (Å²) in [5.41, 5.74) is 1.10. The van der Waals surface area contributed by atoms with E-state index >= 15 is 0 Å². The molecule has 0 fully saturated rings. The van der Waals surface area contributed by atoms with Crippen molar-refractivity contribution in [2.45, 2.75) is 19.9 Å². The standard InChI is InChI=1S/C13H19BrN2O.ClH/c1-9(8-15-3)13(17)16-10(2)11-5-4-6-12(14)7-11;/h4-7,9-10,15H,8H2,1-3H3,(H,16,17);1H. The highest BCUT2D eigenvalue weighted by Gasteiger charge is 2.15. The second-order valence-corrected chi connectivity index (χ2v) is 5.16. The number of hydrogen-bond acceptors (Lipinski definition) is 2. The lowest BCUT2D eigenvalue weighted by Crippen LogP contribution is -2.35. The van der Waals surface area contributed by atoms with Gasteiger partial charge in [0.2, 0.25) is 5.91 Å². The molecular weight excluding hydrogens is 316 g/mol. The van der Waals surface area contributed by atoms with E-state index in [2.05, 4.69) is 26.6 Å². The van der Waals surface area contributed by atoms with Gasteiger partial charge < -0.3 is 10.6 Å². The number of carbonyl (C=O) groups is 1. The van der Waals surface area contributed by atoms with Crippen molar-refractivity contribution in [3.05, 3.63) is 34.3 Å². The molecule has 102 valence electrons. The molecule has 2 unspecified atom stereocenters. The second-order valence-electron chi connectivity index (χ2n) is 4.24. The molecule has 1 amide bonds. The molecule has 0 saturated carbocycles. The highest BCUT2D eigenvalue weighted by atomic mass is 79.9. The van der Waals surface area contributed by atoms with E-state index in [0.717, 1.165) is 10.0 Å². The zero-order valence-electron chi connectivity index (χ0n) is 10.9. The van der Waals surface area contributed by atoms with Crippen molar-refractivity contribution in [1.29, 1.82) is 0 Å². The summed E-state index contributed by atoms with van der Waals surface area (Å²) >= 11 is 3.43. The summed E-state index contributed by atoms with van der Waals surface area (Å²) in [5.74, 6) is 0.0569. The van der Waals surface area contributed by atoms with Crippen LogP contribution in [0.3, 0.4) is 0 Å². The van der Waals surface area contributed by atoms with Crippen LogP contribution < -0.4 is 10.6 Å². The zero-order valence-corrected chi connectivity index (χ0v) is 13.3. The Morgan fingerprint density at radius 1 is 1.39 bits per heavy atom. The fraction of sp³-hybridized carbons (Fsp3) is 0.462. The minimum atomic E-state index is -0.0189. The van der Waals surface area contributed by atoms with Crippen LogP contribution in [-0.4, -0.2) is 19.5 Å². The van der Waals surface area contributed by atoms with E-state index in [9.17, 15) is 4.79 Å². The van der Waals surface area contributed by atoms with Crippen LogP contribution in [0, 0.1) is 5.92 Å². The average Bonchev–Trinajstić information content (AvgIpc) is 2.29. The van der Waals surface area contributed by atoms with Gasteiger partial charge in [-0.05, 0) is 31.7 Å². The van der Waals surface area contributed by atoms with Gasteiger partial charge in [0.25, 0.3) is 0 Å². The molecule has 5 heteroatoms. The lowest BCUT2D eigenvalue weighted by atomic mass is 10.1. The predicted octanol–water partition coefficient (Wildman–Crippen LogP) is 2.90. The average molecular weight is 336 g/mol. The topological polar surface area (TPSA) is 41.1 Å². The Labute approximate surface area is 123 Å². The molecule has 1 aromatic rings. The maximum atomic E-state index is 11.8. The lowest BCUT2D eigenvalue weighted by Gasteiger charge is -2.18. The van der Waals surface area contributed by atoms with Crippen LogP contribution in [0.5, 0.6) is 0 Å². The number of benzene rings is 1. The zero-order chi connectivity index (χ0) is 12.8. The second kappa shape index (κ2) is 8.51. The van der Waals surface area contributed by atoms with Crippen LogP contribution in [0.1, 0.15) is 25.5 Å². The Hall–Kier alpha value is -0.580. The smallest absolute Gasteiger partial charge is 0.224 e. The molecule has 0 aliphatic heterocycles. The molecule has 0 bridgehead atoms. The van der Waals surface area contributed by atoms with E-state index in [1.54, 1.807) is 0 Å². The fourth-order valence-corrected chi connectivity index (χ4v) is 2.03. The molecule has 0 radical (unpaired) electrons. The third-order valence-corrected chi connectivity index (χ3v) is 3.16. The molecule has 2 atom stereocenters. The van der Waals surface area contributed by atoms with Crippen molar-refractivity contribution < 1.29 is 4.79 Å². The Morgan fingerprint density at radius 3 is 2.61 bits per heavy atom. The summed E-state index contributed by atoms with van der Waals surface area (Å²) in [5, 5.41) is 6.01. The highest BCUT2D eigenvalue weighted by Crippen LogP contribution is 2.18. The molecule has 1 aromatic carbocycles. The number of amides is 1. The number of nitrogens with one attached hydrogen (secondary N) is 2. The summed E-state index contributed by atoms with van der Waals surface area (Å²) in [6.45, 7) is 4.60. The number of hydrogen-bond donors (Lipinski definition) is 2. The Morgan fingerprint density at radius 2 is 2.06 bits per heavy atom. The predicted molar refractivity (Wildman–Crippen MR) is 81.0 cm³/mol. The first kappa shape index (κ1) is 17.4. The summed E-state index contributed by atoms with van der Waals surface area (Å²) < 4.78 is 1.03. The van der Waals surface area contributed by atoms with Crippen LogP contribution in [0.4, 0.5) is 0 Å². The number of rotatable bonds is 5. The van der Waals surface area contributed by atoms with Crippen LogP contribution in [-0.2, 0) is 4.79 Å². The molecule has 0 spiro atoms. The van der Waals surface area contributed by atoms with Crippen LogP contribution in [0.15, 0.2) is 28.7 Å². The van der Waals surface area contributed by atoms with Gasteiger partial charge in [0.15, 0.2) is 0 Å². The third-order valence-electron chi connectivity index (χ3n) is 2.67. The Kier molecular flexibility index (Phi) is 8.24. The molecular formula is C13H20BrClN2O. The minimum Gasteiger partial charge on any atom is -0.349 e. The van der Waals surface area contributed by atoms with Gasteiger partial charge in [-0.2, -0.15) is 0 Å². The van der Waals surface area contributed by atoms with Gasteiger partial charge >= 0.3 is 0 Å². The normalized spacial score (nSPS) is 13.3. The van der Waals surface area contributed by atoms with Crippen molar-refractivity contribution in [3.8, 4) is 0 Å². The summed E-state index contributed by atoms with van der Waals surface area (Å²) in [6.07, 6.45) is 0. The van der Waals surface area contributed by atoms with Crippen LogP contribution >= 0.6 is 28.3 Å². The number of carbonyl (C=O) groups excluding carboxylic acids is 1. The van der Waals surface area contributed by atoms with Crippen molar-refractivity contribution in [2.24, 2.45) is 5.92 Å².